The second-order valence-electron chi connectivity index (χ2n) is 7.42. The number of esters is 2. The quantitative estimate of drug-likeness (QED) is 0.449. The lowest BCUT2D eigenvalue weighted by molar-refractivity contribution is -0.149. The second kappa shape index (κ2) is 7.37. The van der Waals surface area contributed by atoms with Crippen LogP contribution in [0.2, 0.25) is 0 Å². The molecule has 1 heterocycles. The van der Waals surface area contributed by atoms with E-state index < -0.39 is 18.7 Å². The summed E-state index contributed by atoms with van der Waals surface area (Å²) in [5, 5.41) is 18.3. The Hall–Kier alpha value is -1.92. The van der Waals surface area contributed by atoms with Gasteiger partial charge in [-0.3, -0.25) is 4.79 Å². The maximum absolute atomic E-state index is 12.4. The summed E-state index contributed by atoms with van der Waals surface area (Å²) in [5.74, 6) is -1.46. The molecule has 1 aliphatic heterocycles. The van der Waals surface area contributed by atoms with E-state index in [2.05, 4.69) is 13.0 Å². The fourth-order valence-corrected chi connectivity index (χ4v) is 4.51. The Kier molecular flexibility index (Phi) is 5.34. The Morgan fingerprint density at radius 1 is 1.38 bits per heavy atom. The number of hydrogen-bond acceptors (Lipinski definition) is 6. The molecule has 0 amide bonds. The Morgan fingerprint density at radius 3 is 2.77 bits per heavy atom. The van der Waals surface area contributed by atoms with E-state index in [4.69, 9.17) is 14.6 Å². The predicted octanol–water partition coefficient (Wildman–Crippen LogP) is 1.67. The van der Waals surface area contributed by atoms with Crippen LogP contribution >= 0.6 is 0 Å². The molecule has 0 bridgehead atoms. The highest BCUT2D eigenvalue weighted by molar-refractivity contribution is 5.89. The second-order valence-corrected chi connectivity index (χ2v) is 7.42. The van der Waals surface area contributed by atoms with Crippen LogP contribution in [0.3, 0.4) is 0 Å². The van der Waals surface area contributed by atoms with Crippen LogP contribution in [-0.2, 0) is 19.1 Å². The summed E-state index contributed by atoms with van der Waals surface area (Å²) >= 11 is 0. The Morgan fingerprint density at radius 2 is 2.12 bits per heavy atom. The number of fused-ring (bicyclic) bond motifs is 3. The molecule has 26 heavy (non-hydrogen) atoms. The van der Waals surface area contributed by atoms with E-state index >= 15 is 0 Å². The highest BCUT2D eigenvalue weighted by atomic mass is 16.6. The number of ether oxygens (including phenoxy) is 2. The fraction of sp³-hybridized carbons (Fsp3) is 0.600. The van der Waals surface area contributed by atoms with Gasteiger partial charge in [-0.05, 0) is 26.3 Å². The van der Waals surface area contributed by atoms with Gasteiger partial charge in [0.15, 0.2) is 0 Å². The molecule has 5 atom stereocenters. The number of rotatable bonds is 4. The first-order valence-corrected chi connectivity index (χ1v) is 9.06. The summed E-state index contributed by atoms with van der Waals surface area (Å²) in [6.45, 7) is 5.06. The number of aliphatic hydroxyl groups is 2. The van der Waals surface area contributed by atoms with Gasteiger partial charge in [-0.15, -0.1) is 0 Å². The van der Waals surface area contributed by atoms with Gasteiger partial charge in [0.1, 0.15) is 12.2 Å². The third kappa shape index (κ3) is 3.12. The molecule has 0 saturated carbocycles. The number of aliphatic hydroxyl groups excluding tert-OH is 2. The molecule has 6 nitrogen and oxygen atoms in total. The van der Waals surface area contributed by atoms with E-state index in [9.17, 15) is 14.7 Å². The zero-order chi connectivity index (χ0) is 19.0. The molecule has 0 aromatic heterocycles. The van der Waals surface area contributed by atoms with Gasteiger partial charge in [-0.25, -0.2) is 4.79 Å². The molecule has 3 aliphatic rings. The van der Waals surface area contributed by atoms with Crippen molar-refractivity contribution in [3.05, 3.63) is 34.4 Å². The molecule has 2 N–H and O–H groups in total. The monoisotopic (exact) mass is 362 g/mol. The molecule has 0 spiro atoms. The van der Waals surface area contributed by atoms with Crippen LogP contribution in [0.1, 0.15) is 33.6 Å². The summed E-state index contributed by atoms with van der Waals surface area (Å²) < 4.78 is 11.4. The number of carbonyl (C=O) groups is 2. The molecule has 142 valence electrons. The van der Waals surface area contributed by atoms with E-state index in [0.29, 0.717) is 6.42 Å². The smallest absolute Gasteiger partial charge is 0.336 e. The van der Waals surface area contributed by atoms with Crippen LogP contribution in [-0.4, -0.2) is 47.6 Å². The summed E-state index contributed by atoms with van der Waals surface area (Å²) in [7, 11) is 0. The lowest BCUT2D eigenvalue weighted by Crippen LogP contribution is -2.38. The molecule has 0 radical (unpaired) electrons. The van der Waals surface area contributed by atoms with Gasteiger partial charge in [0, 0.05) is 18.3 Å². The lowest BCUT2D eigenvalue weighted by atomic mass is 9.79. The normalized spacial score (nSPS) is 34.0. The van der Waals surface area contributed by atoms with E-state index in [1.54, 1.807) is 0 Å². The predicted molar refractivity (Wildman–Crippen MR) is 93.8 cm³/mol. The molecule has 1 saturated heterocycles. The first-order valence-electron chi connectivity index (χ1n) is 9.06. The van der Waals surface area contributed by atoms with Gasteiger partial charge in [0.25, 0.3) is 0 Å². The van der Waals surface area contributed by atoms with E-state index in [1.165, 1.54) is 17.2 Å². The molecule has 0 aromatic carbocycles. The molecule has 3 rings (SSSR count). The van der Waals surface area contributed by atoms with Crippen LogP contribution in [0.4, 0.5) is 0 Å². The highest BCUT2D eigenvalue weighted by Crippen LogP contribution is 2.49. The van der Waals surface area contributed by atoms with Crippen molar-refractivity contribution in [3.63, 3.8) is 0 Å². The largest absolute Gasteiger partial charge is 0.461 e. The van der Waals surface area contributed by atoms with Crippen LogP contribution in [0.5, 0.6) is 0 Å². The van der Waals surface area contributed by atoms with Gasteiger partial charge < -0.3 is 19.7 Å². The molecule has 1 fully saturated rings. The SMILES string of the molecule is CC1=CCC2=C(C)CC(OC(=O)C(=CCO)CO)C3C(C)C(=O)OC3C12. The third-order valence-corrected chi connectivity index (χ3v) is 5.93. The van der Waals surface area contributed by atoms with Crippen LogP contribution < -0.4 is 0 Å². The number of hydrogen-bond donors (Lipinski definition) is 2. The van der Waals surface area contributed by atoms with Crippen molar-refractivity contribution < 1.29 is 29.3 Å². The maximum atomic E-state index is 12.4. The van der Waals surface area contributed by atoms with Crippen molar-refractivity contribution >= 4 is 11.9 Å². The molecule has 6 heteroatoms. The standard InChI is InChI=1S/C20H26O6/c1-10-4-5-14-11(2)8-15(25-20(24)13(9-22)6-7-21)17-12(3)19(23)26-18(17)16(10)14/h4,6,12,15-18,21-22H,5,7-9H2,1-3H3. The van der Waals surface area contributed by atoms with Gasteiger partial charge in [-0.1, -0.05) is 29.7 Å². The Labute approximate surface area is 153 Å². The summed E-state index contributed by atoms with van der Waals surface area (Å²) in [6, 6.07) is 0. The number of carbonyl (C=O) groups excluding carboxylic acids is 2. The van der Waals surface area contributed by atoms with Gasteiger partial charge in [0.05, 0.1) is 24.7 Å². The maximum Gasteiger partial charge on any atom is 0.336 e. The summed E-state index contributed by atoms with van der Waals surface area (Å²) in [6.07, 6.45) is 3.96. The Balaban J connectivity index is 1.93. The lowest BCUT2D eigenvalue weighted by Gasteiger charge is -2.29. The topological polar surface area (TPSA) is 93.1 Å². The average molecular weight is 362 g/mol. The average Bonchev–Trinajstić information content (AvgIpc) is 3.08. The third-order valence-electron chi connectivity index (χ3n) is 5.93. The van der Waals surface area contributed by atoms with Crippen LogP contribution in [0.25, 0.3) is 0 Å². The van der Waals surface area contributed by atoms with Gasteiger partial charge >= 0.3 is 11.9 Å². The van der Waals surface area contributed by atoms with E-state index in [0.717, 1.165) is 12.0 Å². The zero-order valence-corrected chi connectivity index (χ0v) is 15.4. The summed E-state index contributed by atoms with van der Waals surface area (Å²) in [4.78, 5) is 24.7. The minimum Gasteiger partial charge on any atom is -0.461 e. The summed E-state index contributed by atoms with van der Waals surface area (Å²) in [5.41, 5.74) is 3.63. The first-order chi connectivity index (χ1) is 12.4. The molecule has 0 aromatic rings. The van der Waals surface area contributed by atoms with Crippen LogP contribution in [0, 0.1) is 17.8 Å². The van der Waals surface area contributed by atoms with Crippen molar-refractivity contribution in [2.45, 2.75) is 45.8 Å². The molecular weight excluding hydrogens is 336 g/mol. The first kappa shape index (κ1) is 18.9. The van der Waals surface area contributed by atoms with Crippen molar-refractivity contribution in [3.8, 4) is 0 Å². The Bertz CT molecular complexity index is 701. The highest BCUT2D eigenvalue weighted by Gasteiger charge is 2.54. The van der Waals surface area contributed by atoms with Crippen molar-refractivity contribution in [2.75, 3.05) is 13.2 Å². The number of allylic oxidation sites excluding steroid dienone is 1. The van der Waals surface area contributed by atoms with Crippen molar-refractivity contribution in [1.29, 1.82) is 0 Å². The van der Waals surface area contributed by atoms with Crippen molar-refractivity contribution in [2.24, 2.45) is 17.8 Å². The van der Waals surface area contributed by atoms with E-state index in [1.807, 2.05) is 13.8 Å². The molecular formula is C20H26O6. The van der Waals surface area contributed by atoms with Gasteiger partial charge in [0.2, 0.25) is 0 Å². The van der Waals surface area contributed by atoms with Crippen molar-refractivity contribution in [1.82, 2.24) is 0 Å². The zero-order valence-electron chi connectivity index (χ0n) is 15.4. The van der Waals surface area contributed by atoms with Crippen LogP contribution in [0.15, 0.2) is 34.4 Å². The fourth-order valence-electron chi connectivity index (χ4n) is 4.51. The van der Waals surface area contributed by atoms with E-state index in [-0.39, 0.29) is 42.0 Å². The molecule has 2 aliphatic carbocycles. The molecule has 5 unspecified atom stereocenters. The minimum absolute atomic E-state index is 0.0211. The van der Waals surface area contributed by atoms with Gasteiger partial charge in [-0.2, -0.15) is 0 Å². The minimum atomic E-state index is -0.658.